The van der Waals surface area contributed by atoms with Crippen molar-refractivity contribution >= 4 is 5.96 Å². The predicted molar refractivity (Wildman–Crippen MR) is 103 cm³/mol. The van der Waals surface area contributed by atoms with E-state index in [-0.39, 0.29) is 0 Å². The molecule has 5 heteroatoms. The van der Waals surface area contributed by atoms with Gasteiger partial charge < -0.3 is 15.2 Å². The first kappa shape index (κ1) is 20.5. The zero-order valence-corrected chi connectivity index (χ0v) is 16.5. The van der Waals surface area contributed by atoms with Crippen LogP contribution in [0.4, 0.5) is 0 Å². The van der Waals surface area contributed by atoms with Crippen molar-refractivity contribution in [2.75, 3.05) is 13.1 Å². The van der Waals surface area contributed by atoms with Gasteiger partial charge in [-0.2, -0.15) is 0 Å². The van der Waals surface area contributed by atoms with Gasteiger partial charge in [-0.15, -0.1) is 0 Å². The number of imidazole rings is 1. The molecule has 1 unspecified atom stereocenters. The quantitative estimate of drug-likeness (QED) is 0.411. The summed E-state index contributed by atoms with van der Waals surface area (Å²) in [6, 6.07) is 0.440. The number of hydrogen-bond acceptors (Lipinski definition) is 2. The maximum absolute atomic E-state index is 4.71. The molecule has 0 radical (unpaired) electrons. The van der Waals surface area contributed by atoms with Crippen LogP contribution in [0.5, 0.6) is 0 Å². The summed E-state index contributed by atoms with van der Waals surface area (Å²) >= 11 is 0. The van der Waals surface area contributed by atoms with E-state index in [0.717, 1.165) is 50.7 Å². The summed E-state index contributed by atoms with van der Waals surface area (Å²) in [6.45, 7) is 16.0. The topological polar surface area (TPSA) is 54.2 Å². The number of nitrogens with zero attached hydrogens (tertiary/aromatic N) is 3. The molecule has 5 nitrogen and oxygen atoms in total. The third-order valence-electron chi connectivity index (χ3n) is 4.06. The fourth-order valence-corrected chi connectivity index (χ4v) is 2.50. The van der Waals surface area contributed by atoms with Crippen molar-refractivity contribution in [2.24, 2.45) is 10.4 Å². The molecule has 1 rings (SSSR count). The number of aromatic nitrogens is 2. The maximum atomic E-state index is 4.71. The highest BCUT2D eigenvalue weighted by molar-refractivity contribution is 5.80. The molecule has 0 spiro atoms. The summed E-state index contributed by atoms with van der Waals surface area (Å²) in [5.41, 5.74) is 0.386. The lowest BCUT2D eigenvalue weighted by Crippen LogP contribution is -2.42. The van der Waals surface area contributed by atoms with E-state index in [4.69, 9.17) is 4.99 Å². The largest absolute Gasteiger partial charge is 0.357 e. The summed E-state index contributed by atoms with van der Waals surface area (Å²) in [7, 11) is 0. The summed E-state index contributed by atoms with van der Waals surface area (Å²) in [5.74, 6) is 2.03. The van der Waals surface area contributed by atoms with Crippen LogP contribution in [0.1, 0.15) is 66.1 Å². The molecule has 0 amide bonds. The minimum atomic E-state index is 0.386. The zero-order valence-electron chi connectivity index (χ0n) is 16.5. The van der Waals surface area contributed by atoms with Crippen LogP contribution in [0.2, 0.25) is 0 Å². The van der Waals surface area contributed by atoms with Gasteiger partial charge in [0, 0.05) is 38.1 Å². The number of unbranched alkanes of at least 4 members (excludes halogenated alkanes) is 1. The number of rotatable bonds is 9. The van der Waals surface area contributed by atoms with Crippen molar-refractivity contribution in [1.29, 1.82) is 0 Å². The normalized spacial score (nSPS) is 13.8. The Morgan fingerprint density at radius 3 is 2.67 bits per heavy atom. The summed E-state index contributed by atoms with van der Waals surface area (Å²) in [4.78, 5) is 8.96. The Labute approximate surface area is 148 Å². The minimum Gasteiger partial charge on any atom is -0.357 e. The van der Waals surface area contributed by atoms with Gasteiger partial charge in [-0.3, -0.25) is 4.99 Å². The Morgan fingerprint density at radius 2 is 2.08 bits per heavy atom. The Hall–Kier alpha value is -1.52. The van der Waals surface area contributed by atoms with Gasteiger partial charge in [0.15, 0.2) is 5.96 Å². The monoisotopic (exact) mass is 335 g/mol. The van der Waals surface area contributed by atoms with Crippen molar-refractivity contribution < 1.29 is 0 Å². The standard InChI is InChI=1S/C19H37N5/c1-7-20-18(23-16(2)10-11-19(4,5)6)22-12-8-9-14-24-15-13-21-17(24)3/h13,15-16H,7-12,14H2,1-6H3,(H2,20,22,23). The maximum Gasteiger partial charge on any atom is 0.191 e. The molecule has 1 aromatic rings. The smallest absolute Gasteiger partial charge is 0.191 e. The number of guanidine groups is 1. The highest BCUT2D eigenvalue weighted by atomic mass is 15.2. The zero-order chi connectivity index (χ0) is 18.0. The van der Waals surface area contributed by atoms with Gasteiger partial charge in [-0.1, -0.05) is 20.8 Å². The Balaban J connectivity index is 2.32. The van der Waals surface area contributed by atoms with E-state index in [1.807, 2.05) is 19.3 Å². The van der Waals surface area contributed by atoms with Crippen LogP contribution in [0.25, 0.3) is 0 Å². The van der Waals surface area contributed by atoms with Gasteiger partial charge in [0.25, 0.3) is 0 Å². The fourth-order valence-electron chi connectivity index (χ4n) is 2.50. The molecule has 0 saturated carbocycles. The predicted octanol–water partition coefficient (Wildman–Crippen LogP) is 3.74. The molecule has 0 aliphatic rings. The average Bonchev–Trinajstić information content (AvgIpc) is 2.89. The second-order valence-electron chi connectivity index (χ2n) is 7.78. The number of hydrogen-bond donors (Lipinski definition) is 2. The fraction of sp³-hybridized carbons (Fsp3) is 0.789. The lowest BCUT2D eigenvalue weighted by Gasteiger charge is -2.23. The summed E-state index contributed by atoms with van der Waals surface area (Å²) in [5, 5.41) is 6.88. The van der Waals surface area contributed by atoms with Crippen LogP contribution in [0.3, 0.4) is 0 Å². The van der Waals surface area contributed by atoms with E-state index in [0.29, 0.717) is 11.5 Å². The molecule has 2 N–H and O–H groups in total. The van der Waals surface area contributed by atoms with Crippen molar-refractivity contribution in [1.82, 2.24) is 20.2 Å². The van der Waals surface area contributed by atoms with Crippen molar-refractivity contribution in [2.45, 2.75) is 79.8 Å². The van der Waals surface area contributed by atoms with Crippen molar-refractivity contribution in [3.05, 3.63) is 18.2 Å². The van der Waals surface area contributed by atoms with E-state index in [2.05, 4.69) is 54.8 Å². The van der Waals surface area contributed by atoms with Gasteiger partial charge in [-0.25, -0.2) is 4.98 Å². The van der Waals surface area contributed by atoms with Gasteiger partial charge >= 0.3 is 0 Å². The van der Waals surface area contributed by atoms with E-state index < -0.39 is 0 Å². The molecule has 138 valence electrons. The number of aryl methyl sites for hydroxylation is 2. The van der Waals surface area contributed by atoms with Crippen LogP contribution < -0.4 is 10.6 Å². The van der Waals surface area contributed by atoms with Crippen LogP contribution in [0, 0.1) is 12.3 Å². The lowest BCUT2D eigenvalue weighted by molar-refractivity contribution is 0.346. The first-order chi connectivity index (χ1) is 11.3. The van der Waals surface area contributed by atoms with Crippen LogP contribution in [-0.2, 0) is 6.54 Å². The number of aliphatic imine (C=N–C) groups is 1. The van der Waals surface area contributed by atoms with Gasteiger partial charge in [0.1, 0.15) is 5.82 Å². The molecule has 0 bridgehead atoms. The second kappa shape index (κ2) is 10.4. The van der Waals surface area contributed by atoms with Gasteiger partial charge in [0.2, 0.25) is 0 Å². The van der Waals surface area contributed by atoms with Crippen LogP contribution in [-0.4, -0.2) is 34.6 Å². The van der Waals surface area contributed by atoms with E-state index in [1.165, 1.54) is 6.42 Å². The molecular weight excluding hydrogens is 298 g/mol. The Bertz CT molecular complexity index is 484. The van der Waals surface area contributed by atoms with Crippen LogP contribution >= 0.6 is 0 Å². The molecule has 1 heterocycles. The Morgan fingerprint density at radius 1 is 1.33 bits per heavy atom. The third kappa shape index (κ3) is 8.94. The molecule has 0 aromatic carbocycles. The highest BCUT2D eigenvalue weighted by Crippen LogP contribution is 2.21. The van der Waals surface area contributed by atoms with Crippen molar-refractivity contribution in [3.8, 4) is 0 Å². The van der Waals surface area contributed by atoms with E-state index >= 15 is 0 Å². The molecule has 1 aromatic heterocycles. The minimum absolute atomic E-state index is 0.386. The van der Waals surface area contributed by atoms with E-state index in [1.54, 1.807) is 0 Å². The first-order valence-corrected chi connectivity index (χ1v) is 9.34. The molecular formula is C19H37N5. The first-order valence-electron chi connectivity index (χ1n) is 9.34. The molecule has 0 aliphatic heterocycles. The summed E-state index contributed by atoms with van der Waals surface area (Å²) in [6.07, 6.45) is 8.49. The molecule has 0 saturated heterocycles. The van der Waals surface area contributed by atoms with Gasteiger partial charge in [0.05, 0.1) is 0 Å². The average molecular weight is 336 g/mol. The Kier molecular flexibility index (Phi) is 8.87. The van der Waals surface area contributed by atoms with E-state index in [9.17, 15) is 0 Å². The van der Waals surface area contributed by atoms with Crippen molar-refractivity contribution in [3.63, 3.8) is 0 Å². The summed E-state index contributed by atoms with van der Waals surface area (Å²) < 4.78 is 2.20. The van der Waals surface area contributed by atoms with Crippen LogP contribution in [0.15, 0.2) is 17.4 Å². The highest BCUT2D eigenvalue weighted by Gasteiger charge is 2.13. The number of nitrogens with one attached hydrogen (secondary N) is 2. The van der Waals surface area contributed by atoms with Gasteiger partial charge in [-0.05, 0) is 51.9 Å². The molecule has 0 fully saturated rings. The molecule has 0 aliphatic carbocycles. The molecule has 1 atom stereocenters. The SMILES string of the molecule is CCNC(=NCCCCn1ccnc1C)NC(C)CCC(C)(C)C. The molecule has 24 heavy (non-hydrogen) atoms. The second-order valence-corrected chi connectivity index (χ2v) is 7.78. The third-order valence-corrected chi connectivity index (χ3v) is 4.06. The lowest BCUT2D eigenvalue weighted by atomic mass is 9.89.